The van der Waals surface area contributed by atoms with Gasteiger partial charge in [0.05, 0.1) is 17.6 Å². The molecular weight excluding hydrogens is 388 g/mol. The number of β-lactam (4-membered cyclic amide) rings is 1. The molecule has 1 saturated heterocycles. The first-order valence-corrected chi connectivity index (χ1v) is 9.66. The fourth-order valence-corrected chi connectivity index (χ4v) is 4.64. The number of amides is 2. The molecule has 0 bridgehead atoms. The minimum Gasteiger partial charge on any atom is -0.477 e. The first-order chi connectivity index (χ1) is 11.8. The van der Waals surface area contributed by atoms with Crippen LogP contribution in [0.4, 0.5) is 0 Å². The predicted octanol–water partition coefficient (Wildman–Crippen LogP) is 0.452. The Labute approximate surface area is 154 Å². The van der Waals surface area contributed by atoms with E-state index in [0.717, 1.165) is 16.7 Å². The van der Waals surface area contributed by atoms with E-state index in [-0.39, 0.29) is 18.0 Å². The first kappa shape index (κ1) is 20.4. The van der Waals surface area contributed by atoms with Gasteiger partial charge in [-0.3, -0.25) is 14.1 Å². The maximum Gasteiger partial charge on any atom is 0.397 e. The molecule has 0 aliphatic carbocycles. The zero-order valence-corrected chi connectivity index (χ0v) is 15.8. The van der Waals surface area contributed by atoms with Crippen LogP contribution in [0.5, 0.6) is 0 Å². The summed E-state index contributed by atoms with van der Waals surface area (Å²) in [4.78, 5) is 36.3. The number of hydrogen-bond donors (Lipinski definition) is 3. The molecule has 0 saturated carbocycles. The predicted molar refractivity (Wildman–Crippen MR) is 90.7 cm³/mol. The van der Waals surface area contributed by atoms with Gasteiger partial charge in [-0.15, -0.1) is 0 Å². The lowest BCUT2D eigenvalue weighted by atomic mass is 9.76. The molecule has 2 aliphatic heterocycles. The summed E-state index contributed by atoms with van der Waals surface area (Å²) in [6.45, 7) is 3.99. The first-order valence-electron chi connectivity index (χ1n) is 7.41. The smallest absolute Gasteiger partial charge is 0.397 e. The van der Waals surface area contributed by atoms with E-state index < -0.39 is 39.8 Å². The largest absolute Gasteiger partial charge is 0.477 e. The zero-order chi connectivity index (χ0) is 19.9. The van der Waals surface area contributed by atoms with Gasteiger partial charge < -0.3 is 15.3 Å². The lowest BCUT2D eigenvalue weighted by Gasteiger charge is -2.49. The maximum atomic E-state index is 12.4. The minimum atomic E-state index is -4.78. The Morgan fingerprint density at radius 2 is 2.04 bits per heavy atom. The van der Waals surface area contributed by atoms with Crippen LogP contribution in [-0.4, -0.2) is 52.4 Å². The summed E-state index contributed by atoms with van der Waals surface area (Å²) >= 11 is 1.04. The number of nitrogens with one attached hydrogen (secondary N) is 1. The third-order valence-electron chi connectivity index (χ3n) is 3.96. The van der Waals surface area contributed by atoms with Crippen molar-refractivity contribution in [3.63, 3.8) is 0 Å². The quantitative estimate of drug-likeness (QED) is 0.404. The normalized spacial score (nSPS) is 23.2. The van der Waals surface area contributed by atoms with Crippen LogP contribution in [0.2, 0.25) is 0 Å². The number of carboxylic acids is 1. The monoisotopic (exact) mass is 406 g/mol. The van der Waals surface area contributed by atoms with Gasteiger partial charge in [-0.05, 0) is 19.3 Å². The number of rotatable bonds is 7. The molecule has 12 heteroatoms. The molecule has 26 heavy (non-hydrogen) atoms. The van der Waals surface area contributed by atoms with Gasteiger partial charge in [0.2, 0.25) is 11.8 Å². The van der Waals surface area contributed by atoms with Crippen LogP contribution in [0, 0.1) is 5.92 Å². The number of aliphatic carboxylic acids is 1. The molecule has 2 rings (SSSR count). The number of fused-ring (bicyclic) bond motifs is 1. The van der Waals surface area contributed by atoms with Crippen molar-refractivity contribution in [3.05, 3.63) is 22.2 Å². The van der Waals surface area contributed by atoms with Crippen molar-refractivity contribution in [1.82, 2.24) is 10.2 Å². The highest BCUT2D eigenvalue weighted by Crippen LogP contribution is 2.50. The summed E-state index contributed by atoms with van der Waals surface area (Å²) in [5.41, 5.74) is -1.72. The second-order valence-electron chi connectivity index (χ2n) is 6.27. The van der Waals surface area contributed by atoms with Crippen LogP contribution in [0.3, 0.4) is 0 Å². The fraction of sp³-hybridized carbons (Fsp3) is 0.500. The van der Waals surface area contributed by atoms with Crippen LogP contribution in [0.25, 0.3) is 0 Å². The van der Waals surface area contributed by atoms with Gasteiger partial charge in [0.1, 0.15) is 5.70 Å². The number of carbonyl (C=O) groups excluding carboxylic acids is 2. The van der Waals surface area contributed by atoms with E-state index >= 15 is 0 Å². The number of carboxylic acid groups (broad SMARTS) is 1. The number of nitrogens with zero attached hydrogens (tertiary/aromatic N) is 1. The van der Waals surface area contributed by atoms with E-state index in [1.807, 2.05) is 0 Å². The summed E-state index contributed by atoms with van der Waals surface area (Å²) < 4.78 is 35.5. The molecule has 1 fully saturated rings. The van der Waals surface area contributed by atoms with Crippen LogP contribution in [0.1, 0.15) is 27.2 Å². The molecule has 0 radical (unpaired) electrons. The van der Waals surface area contributed by atoms with E-state index in [9.17, 15) is 27.9 Å². The Morgan fingerprint density at radius 3 is 2.54 bits per heavy atom. The number of carbonyl (C=O) groups is 3. The summed E-state index contributed by atoms with van der Waals surface area (Å²) in [6.07, 6.45) is 1.53. The van der Waals surface area contributed by atoms with Crippen molar-refractivity contribution in [2.45, 2.75) is 38.8 Å². The second-order valence-corrected chi connectivity index (χ2v) is 8.29. The SMILES string of the molecule is CC(=O)N/C=C/SC1=C(C(=O)O)N2C(=O)[C@@H](C(C)(C)OS(=O)(=O)O)[C@H]2C1. The molecule has 0 aromatic rings. The van der Waals surface area contributed by atoms with Crippen LogP contribution in [0.15, 0.2) is 22.2 Å². The van der Waals surface area contributed by atoms with Crippen molar-refractivity contribution in [2.24, 2.45) is 5.92 Å². The van der Waals surface area contributed by atoms with Crippen molar-refractivity contribution < 1.29 is 36.6 Å². The van der Waals surface area contributed by atoms with Gasteiger partial charge in [-0.2, -0.15) is 8.42 Å². The fourth-order valence-electron chi connectivity index (χ4n) is 3.13. The molecule has 2 atom stereocenters. The van der Waals surface area contributed by atoms with Gasteiger partial charge in [0.15, 0.2) is 0 Å². The second kappa shape index (κ2) is 7.02. The van der Waals surface area contributed by atoms with Gasteiger partial charge >= 0.3 is 16.4 Å². The van der Waals surface area contributed by atoms with Crippen molar-refractivity contribution in [1.29, 1.82) is 0 Å². The van der Waals surface area contributed by atoms with Crippen molar-refractivity contribution in [3.8, 4) is 0 Å². The molecule has 10 nitrogen and oxygen atoms in total. The molecule has 0 spiro atoms. The molecule has 144 valence electrons. The Hall–Kier alpha value is -1.89. The maximum absolute atomic E-state index is 12.4. The molecule has 0 aromatic heterocycles. The summed E-state index contributed by atoms with van der Waals surface area (Å²) in [5, 5.41) is 13.3. The van der Waals surface area contributed by atoms with Crippen LogP contribution >= 0.6 is 11.8 Å². The van der Waals surface area contributed by atoms with Crippen molar-refractivity contribution >= 4 is 39.9 Å². The van der Waals surface area contributed by atoms with E-state index in [1.165, 1.54) is 32.4 Å². The summed E-state index contributed by atoms with van der Waals surface area (Å²) in [6, 6.07) is -0.595. The highest BCUT2D eigenvalue weighted by atomic mass is 32.3. The van der Waals surface area contributed by atoms with Gasteiger partial charge in [0.25, 0.3) is 0 Å². The average molecular weight is 406 g/mol. The van der Waals surface area contributed by atoms with Crippen LogP contribution in [-0.2, 0) is 29.0 Å². The van der Waals surface area contributed by atoms with Gasteiger partial charge in [-0.25, -0.2) is 8.98 Å². The molecule has 0 unspecified atom stereocenters. The van der Waals surface area contributed by atoms with Gasteiger partial charge in [0, 0.05) is 24.4 Å². The Bertz CT molecular complexity index is 815. The Morgan fingerprint density at radius 1 is 1.42 bits per heavy atom. The number of thioether (sulfide) groups is 1. The molecule has 2 amide bonds. The lowest BCUT2D eigenvalue weighted by Crippen LogP contribution is -2.66. The molecular formula is C14H18N2O8S2. The van der Waals surface area contributed by atoms with Gasteiger partial charge in [-0.1, -0.05) is 11.8 Å². The van der Waals surface area contributed by atoms with E-state index in [0.29, 0.717) is 4.91 Å². The van der Waals surface area contributed by atoms with E-state index in [4.69, 9.17) is 4.55 Å². The summed E-state index contributed by atoms with van der Waals surface area (Å²) in [7, 11) is -4.78. The van der Waals surface area contributed by atoms with E-state index in [2.05, 4.69) is 9.50 Å². The third kappa shape index (κ3) is 4.09. The lowest BCUT2D eigenvalue weighted by molar-refractivity contribution is -0.166. The van der Waals surface area contributed by atoms with Crippen molar-refractivity contribution in [2.75, 3.05) is 0 Å². The zero-order valence-electron chi connectivity index (χ0n) is 14.1. The Kier molecular flexibility index (Phi) is 5.52. The summed E-state index contributed by atoms with van der Waals surface area (Å²) in [5.74, 6) is -3.11. The number of hydrogen-bond acceptors (Lipinski definition) is 7. The third-order valence-corrected chi connectivity index (χ3v) is 5.51. The van der Waals surface area contributed by atoms with Crippen LogP contribution < -0.4 is 5.32 Å². The Balaban J connectivity index is 2.21. The minimum absolute atomic E-state index is 0.184. The average Bonchev–Trinajstić information content (AvgIpc) is 2.74. The van der Waals surface area contributed by atoms with E-state index in [1.54, 1.807) is 0 Å². The highest BCUT2D eigenvalue weighted by molar-refractivity contribution is 8.05. The molecule has 0 aromatic carbocycles. The molecule has 3 N–H and O–H groups in total. The topological polar surface area (TPSA) is 150 Å². The molecule has 2 aliphatic rings. The standard InChI is InChI=1S/C14H18N2O8S2/c1-7(17)15-4-5-25-9-6-8-10(14(2,3)24-26(21,22)23)12(18)16(8)11(9)13(19)20/h4-5,8,10H,6H2,1-3H3,(H,15,17)(H,19,20)(H,21,22,23)/b5-4+/t8-,10+/m1/s1. The highest BCUT2D eigenvalue weighted by Gasteiger charge is 2.61. The molecule has 2 heterocycles.